The Balaban J connectivity index is 2.46. The maximum absolute atomic E-state index is 4.95. The molecule has 66 valence electrons. The van der Waals surface area contributed by atoms with Crippen LogP contribution in [0.15, 0.2) is 16.8 Å². The van der Waals surface area contributed by atoms with Gasteiger partial charge in [0, 0.05) is 6.20 Å². The van der Waals surface area contributed by atoms with Crippen LogP contribution in [0.1, 0.15) is 11.6 Å². The zero-order valence-electron chi connectivity index (χ0n) is 7.35. The lowest BCUT2D eigenvalue weighted by atomic mass is 10.4. The van der Waals surface area contributed by atoms with E-state index >= 15 is 0 Å². The van der Waals surface area contributed by atoms with Gasteiger partial charge in [0.2, 0.25) is 0 Å². The summed E-state index contributed by atoms with van der Waals surface area (Å²) in [4.78, 5) is 12.2. The van der Waals surface area contributed by atoms with Crippen molar-refractivity contribution in [2.45, 2.75) is 13.8 Å². The summed E-state index contributed by atoms with van der Waals surface area (Å²) in [6.07, 6.45) is 1.66. The van der Waals surface area contributed by atoms with Crippen LogP contribution in [0.3, 0.4) is 0 Å². The first-order valence-corrected chi connectivity index (χ1v) is 3.86. The molecule has 5 heteroatoms. The highest BCUT2D eigenvalue weighted by atomic mass is 16.5. The van der Waals surface area contributed by atoms with Gasteiger partial charge in [-0.05, 0) is 19.9 Å². The monoisotopic (exact) mass is 176 g/mol. The van der Waals surface area contributed by atoms with Crippen LogP contribution in [-0.4, -0.2) is 20.1 Å². The van der Waals surface area contributed by atoms with Crippen molar-refractivity contribution in [1.29, 1.82) is 0 Å². The Morgan fingerprint density at radius 1 is 1.15 bits per heavy atom. The normalized spacial score (nSPS) is 10.3. The molecular formula is C8H8N4O. The van der Waals surface area contributed by atoms with E-state index in [-0.39, 0.29) is 0 Å². The van der Waals surface area contributed by atoms with Crippen molar-refractivity contribution in [3.63, 3.8) is 0 Å². The van der Waals surface area contributed by atoms with Gasteiger partial charge in [-0.2, -0.15) is 4.98 Å². The zero-order chi connectivity index (χ0) is 9.26. The molecule has 5 nitrogen and oxygen atoms in total. The smallest absolute Gasteiger partial charge is 0.276 e. The lowest BCUT2D eigenvalue weighted by Crippen LogP contribution is -1.89. The number of nitrogens with zero attached hydrogens (tertiary/aromatic N) is 4. The van der Waals surface area contributed by atoms with Gasteiger partial charge in [0.15, 0.2) is 5.82 Å². The van der Waals surface area contributed by atoms with Gasteiger partial charge in [0.25, 0.3) is 5.89 Å². The minimum absolute atomic E-state index is 0.433. The summed E-state index contributed by atoms with van der Waals surface area (Å²) in [6.45, 7) is 3.58. The first-order chi connectivity index (χ1) is 6.25. The van der Waals surface area contributed by atoms with E-state index in [9.17, 15) is 0 Å². The number of aromatic nitrogens is 4. The Kier molecular flexibility index (Phi) is 1.77. The van der Waals surface area contributed by atoms with Gasteiger partial charge >= 0.3 is 0 Å². The molecule has 2 heterocycles. The van der Waals surface area contributed by atoms with E-state index in [0.717, 1.165) is 0 Å². The first kappa shape index (κ1) is 7.85. The van der Waals surface area contributed by atoms with Crippen molar-refractivity contribution in [2.75, 3.05) is 0 Å². The van der Waals surface area contributed by atoms with Gasteiger partial charge < -0.3 is 4.52 Å². The van der Waals surface area contributed by atoms with E-state index < -0.39 is 0 Å². The minimum Gasteiger partial charge on any atom is -0.332 e. The summed E-state index contributed by atoms with van der Waals surface area (Å²) in [7, 11) is 0. The summed E-state index contributed by atoms with van der Waals surface area (Å²) in [5.41, 5.74) is 0.660. The molecule has 0 aliphatic carbocycles. The topological polar surface area (TPSA) is 64.7 Å². The third-order valence-electron chi connectivity index (χ3n) is 1.52. The van der Waals surface area contributed by atoms with E-state index in [1.165, 1.54) is 0 Å². The summed E-state index contributed by atoms with van der Waals surface area (Å²) in [5.74, 6) is 1.72. The van der Waals surface area contributed by atoms with Crippen LogP contribution in [-0.2, 0) is 0 Å². The largest absolute Gasteiger partial charge is 0.332 e. The molecule has 13 heavy (non-hydrogen) atoms. The number of hydrogen-bond donors (Lipinski definition) is 0. The molecule has 2 aromatic rings. The molecule has 0 radical (unpaired) electrons. The van der Waals surface area contributed by atoms with Gasteiger partial charge in [-0.25, -0.2) is 9.97 Å². The Hall–Kier alpha value is -1.78. The van der Waals surface area contributed by atoms with E-state index in [1.807, 2.05) is 6.92 Å². The van der Waals surface area contributed by atoms with Crippen LogP contribution in [0.2, 0.25) is 0 Å². The molecule has 0 spiro atoms. The molecule has 0 aromatic carbocycles. The molecular weight excluding hydrogens is 168 g/mol. The molecule has 2 aromatic heterocycles. The molecule has 0 N–H and O–H groups in total. The average molecular weight is 176 g/mol. The predicted octanol–water partition coefficient (Wildman–Crippen LogP) is 1.14. The summed E-state index contributed by atoms with van der Waals surface area (Å²) in [5, 5.41) is 3.68. The van der Waals surface area contributed by atoms with Gasteiger partial charge in [-0.3, -0.25) is 0 Å². The van der Waals surface area contributed by atoms with Crippen LogP contribution < -0.4 is 0 Å². The first-order valence-electron chi connectivity index (χ1n) is 3.86. The fourth-order valence-corrected chi connectivity index (χ4v) is 0.976. The number of rotatable bonds is 1. The van der Waals surface area contributed by atoms with E-state index in [2.05, 4.69) is 20.1 Å². The van der Waals surface area contributed by atoms with E-state index in [4.69, 9.17) is 4.52 Å². The maximum atomic E-state index is 4.95. The maximum Gasteiger partial charge on any atom is 0.276 e. The standard InChI is InChI=1S/C8H8N4O/c1-5-9-4-3-7(10-5)8-11-6(2)12-13-8/h3-4H,1-2H3. The molecule has 0 amide bonds. The molecule has 0 bridgehead atoms. The molecule has 0 unspecified atom stereocenters. The van der Waals surface area contributed by atoms with Gasteiger partial charge in [0.05, 0.1) is 0 Å². The third-order valence-corrected chi connectivity index (χ3v) is 1.52. The Morgan fingerprint density at radius 3 is 2.62 bits per heavy atom. The second-order valence-electron chi connectivity index (χ2n) is 2.64. The second kappa shape index (κ2) is 2.93. The van der Waals surface area contributed by atoms with E-state index in [1.54, 1.807) is 19.2 Å². The highest BCUT2D eigenvalue weighted by molar-refractivity contribution is 5.44. The van der Waals surface area contributed by atoms with Crippen LogP contribution in [0, 0.1) is 13.8 Å². The highest BCUT2D eigenvalue weighted by Gasteiger charge is 2.06. The minimum atomic E-state index is 0.433. The fraction of sp³-hybridized carbons (Fsp3) is 0.250. The number of hydrogen-bond acceptors (Lipinski definition) is 5. The van der Waals surface area contributed by atoms with Crippen molar-refractivity contribution in [3.8, 4) is 11.6 Å². The number of aryl methyl sites for hydroxylation is 2. The van der Waals surface area contributed by atoms with Crippen LogP contribution in [0.4, 0.5) is 0 Å². The fourth-order valence-electron chi connectivity index (χ4n) is 0.976. The summed E-state index contributed by atoms with van der Waals surface area (Å²) >= 11 is 0. The average Bonchev–Trinajstić information content (AvgIpc) is 2.52. The lowest BCUT2D eigenvalue weighted by molar-refractivity contribution is 0.424. The highest BCUT2D eigenvalue weighted by Crippen LogP contribution is 2.12. The summed E-state index contributed by atoms with van der Waals surface area (Å²) < 4.78 is 4.95. The molecule has 2 rings (SSSR count). The van der Waals surface area contributed by atoms with Crippen LogP contribution in [0.25, 0.3) is 11.6 Å². The second-order valence-corrected chi connectivity index (χ2v) is 2.64. The van der Waals surface area contributed by atoms with E-state index in [0.29, 0.717) is 23.2 Å². The molecule has 0 aliphatic heterocycles. The van der Waals surface area contributed by atoms with Crippen molar-refractivity contribution in [1.82, 2.24) is 20.1 Å². The van der Waals surface area contributed by atoms with Crippen molar-refractivity contribution >= 4 is 0 Å². The molecule has 0 aliphatic rings. The Bertz CT molecular complexity index is 424. The molecule has 0 saturated heterocycles. The molecule has 0 atom stereocenters. The Morgan fingerprint density at radius 2 is 2.00 bits per heavy atom. The molecule has 0 saturated carbocycles. The third kappa shape index (κ3) is 1.53. The predicted molar refractivity (Wildman–Crippen MR) is 44.8 cm³/mol. The van der Waals surface area contributed by atoms with Crippen molar-refractivity contribution in [3.05, 3.63) is 23.9 Å². The zero-order valence-corrected chi connectivity index (χ0v) is 7.35. The van der Waals surface area contributed by atoms with Crippen molar-refractivity contribution < 1.29 is 4.52 Å². The van der Waals surface area contributed by atoms with Crippen LogP contribution >= 0.6 is 0 Å². The van der Waals surface area contributed by atoms with Gasteiger partial charge in [0.1, 0.15) is 11.5 Å². The quantitative estimate of drug-likeness (QED) is 0.651. The lowest BCUT2D eigenvalue weighted by Gasteiger charge is -1.93. The van der Waals surface area contributed by atoms with Gasteiger partial charge in [-0.15, -0.1) is 0 Å². The summed E-state index contributed by atoms with van der Waals surface area (Å²) in [6, 6.07) is 1.74. The van der Waals surface area contributed by atoms with Crippen LogP contribution in [0.5, 0.6) is 0 Å². The molecule has 0 fully saturated rings. The van der Waals surface area contributed by atoms with Gasteiger partial charge in [-0.1, -0.05) is 5.16 Å². The SMILES string of the molecule is Cc1nccc(-c2nc(C)no2)n1. The van der Waals surface area contributed by atoms with Crippen molar-refractivity contribution in [2.24, 2.45) is 0 Å². The Labute approximate surface area is 74.8 Å².